The van der Waals surface area contributed by atoms with Gasteiger partial charge in [-0.1, -0.05) is 0 Å². The molecule has 0 aliphatic heterocycles. The monoisotopic (exact) mass is 378 g/mol. The maximum absolute atomic E-state index is 12.4. The number of carbonyl (C=O) groups excluding carboxylic acids is 1. The standard InChI is InChI=1S/C21H22N4O3/c1-4-28-18-11-7-16(8-12-18)19-14(2)20(24-23-19)21(26)25-22-13-15-5-9-17(27-3)10-6-15/h5-13H,4H2,1-3H3,(H,23,24)(H,25,26)/b22-13-. The highest BCUT2D eigenvalue weighted by molar-refractivity contribution is 5.96. The first-order chi connectivity index (χ1) is 13.6. The first-order valence-corrected chi connectivity index (χ1v) is 8.88. The van der Waals surface area contributed by atoms with E-state index in [2.05, 4.69) is 20.7 Å². The van der Waals surface area contributed by atoms with E-state index in [0.717, 1.165) is 28.2 Å². The van der Waals surface area contributed by atoms with Gasteiger partial charge in [0.1, 0.15) is 17.2 Å². The molecule has 1 amide bonds. The lowest BCUT2D eigenvalue weighted by molar-refractivity contribution is 0.0949. The Balaban J connectivity index is 1.68. The molecular formula is C21H22N4O3. The van der Waals surface area contributed by atoms with Gasteiger partial charge in [0.05, 0.1) is 25.6 Å². The third-order valence-corrected chi connectivity index (χ3v) is 4.17. The summed E-state index contributed by atoms with van der Waals surface area (Å²) in [5.41, 5.74) is 6.10. The van der Waals surface area contributed by atoms with Crippen LogP contribution in [0.3, 0.4) is 0 Å². The first-order valence-electron chi connectivity index (χ1n) is 8.88. The molecule has 2 N–H and O–H groups in total. The molecule has 144 valence electrons. The topological polar surface area (TPSA) is 88.6 Å². The number of methoxy groups -OCH3 is 1. The normalized spacial score (nSPS) is 10.8. The van der Waals surface area contributed by atoms with Crippen LogP contribution < -0.4 is 14.9 Å². The highest BCUT2D eigenvalue weighted by Gasteiger charge is 2.16. The van der Waals surface area contributed by atoms with E-state index in [-0.39, 0.29) is 5.91 Å². The molecule has 3 aromatic rings. The minimum atomic E-state index is -0.355. The molecule has 0 aliphatic carbocycles. The number of aromatic nitrogens is 2. The summed E-state index contributed by atoms with van der Waals surface area (Å²) in [4.78, 5) is 12.4. The smallest absolute Gasteiger partial charge is 0.289 e. The largest absolute Gasteiger partial charge is 0.497 e. The molecule has 0 fully saturated rings. The number of nitrogens with one attached hydrogen (secondary N) is 2. The van der Waals surface area contributed by atoms with E-state index in [0.29, 0.717) is 18.0 Å². The molecule has 0 aliphatic rings. The third-order valence-electron chi connectivity index (χ3n) is 4.17. The number of hydrogen-bond donors (Lipinski definition) is 2. The predicted molar refractivity (Wildman–Crippen MR) is 108 cm³/mol. The predicted octanol–water partition coefficient (Wildman–Crippen LogP) is 3.56. The van der Waals surface area contributed by atoms with Crippen LogP contribution in [0.2, 0.25) is 0 Å². The zero-order valence-electron chi connectivity index (χ0n) is 16.0. The van der Waals surface area contributed by atoms with Crippen molar-refractivity contribution in [2.45, 2.75) is 13.8 Å². The van der Waals surface area contributed by atoms with Crippen molar-refractivity contribution in [3.63, 3.8) is 0 Å². The summed E-state index contributed by atoms with van der Waals surface area (Å²) >= 11 is 0. The second kappa shape index (κ2) is 8.85. The summed E-state index contributed by atoms with van der Waals surface area (Å²) in [6.45, 7) is 4.40. The number of rotatable bonds is 7. The van der Waals surface area contributed by atoms with Gasteiger partial charge in [0.2, 0.25) is 0 Å². The van der Waals surface area contributed by atoms with E-state index in [4.69, 9.17) is 9.47 Å². The van der Waals surface area contributed by atoms with E-state index in [1.807, 2.05) is 62.4 Å². The number of carbonyl (C=O) groups is 1. The lowest BCUT2D eigenvalue weighted by Crippen LogP contribution is -2.19. The van der Waals surface area contributed by atoms with Crippen LogP contribution in [0.4, 0.5) is 0 Å². The molecule has 2 aromatic carbocycles. The van der Waals surface area contributed by atoms with Gasteiger partial charge < -0.3 is 9.47 Å². The Bertz CT molecular complexity index is 960. The number of benzene rings is 2. The molecule has 0 saturated heterocycles. The zero-order valence-corrected chi connectivity index (χ0v) is 16.0. The molecule has 0 radical (unpaired) electrons. The third kappa shape index (κ3) is 4.37. The number of ether oxygens (including phenoxy) is 2. The van der Waals surface area contributed by atoms with Crippen LogP contribution in [0.25, 0.3) is 11.3 Å². The van der Waals surface area contributed by atoms with Crippen LogP contribution in [0.1, 0.15) is 28.5 Å². The van der Waals surface area contributed by atoms with Crippen molar-refractivity contribution in [1.82, 2.24) is 15.6 Å². The molecule has 0 saturated carbocycles. The van der Waals surface area contributed by atoms with Crippen molar-refractivity contribution >= 4 is 12.1 Å². The number of amides is 1. The fraction of sp³-hybridized carbons (Fsp3) is 0.190. The molecule has 0 bridgehead atoms. The molecule has 28 heavy (non-hydrogen) atoms. The molecule has 0 atom stereocenters. The van der Waals surface area contributed by atoms with Crippen LogP contribution in [0.15, 0.2) is 53.6 Å². The lowest BCUT2D eigenvalue weighted by Gasteiger charge is -2.04. The summed E-state index contributed by atoms with van der Waals surface area (Å²) in [7, 11) is 1.61. The van der Waals surface area contributed by atoms with Crippen LogP contribution in [0, 0.1) is 6.92 Å². The molecule has 0 unspecified atom stereocenters. The van der Waals surface area contributed by atoms with E-state index in [9.17, 15) is 4.79 Å². The first kappa shape index (κ1) is 19.2. The van der Waals surface area contributed by atoms with E-state index >= 15 is 0 Å². The number of hydrogen-bond acceptors (Lipinski definition) is 5. The molecule has 7 heteroatoms. The van der Waals surface area contributed by atoms with Crippen LogP contribution in [-0.4, -0.2) is 36.0 Å². The van der Waals surface area contributed by atoms with Crippen molar-refractivity contribution in [3.8, 4) is 22.8 Å². The van der Waals surface area contributed by atoms with Crippen LogP contribution >= 0.6 is 0 Å². The Labute approximate surface area is 163 Å². The minimum Gasteiger partial charge on any atom is -0.497 e. The maximum atomic E-state index is 12.4. The average molecular weight is 378 g/mol. The van der Waals surface area contributed by atoms with Gasteiger partial charge >= 0.3 is 0 Å². The van der Waals surface area contributed by atoms with Gasteiger partial charge in [0.25, 0.3) is 5.91 Å². The van der Waals surface area contributed by atoms with E-state index < -0.39 is 0 Å². The second-order valence-electron chi connectivity index (χ2n) is 6.00. The highest BCUT2D eigenvalue weighted by Crippen LogP contribution is 2.25. The van der Waals surface area contributed by atoms with Crippen molar-refractivity contribution in [2.24, 2.45) is 5.10 Å². The summed E-state index contributed by atoms with van der Waals surface area (Å²) in [6, 6.07) is 14.9. The van der Waals surface area contributed by atoms with E-state index in [1.54, 1.807) is 13.3 Å². The Morgan fingerprint density at radius 1 is 1.14 bits per heavy atom. The maximum Gasteiger partial charge on any atom is 0.289 e. The minimum absolute atomic E-state index is 0.355. The Morgan fingerprint density at radius 2 is 1.82 bits per heavy atom. The lowest BCUT2D eigenvalue weighted by atomic mass is 10.1. The Kier molecular flexibility index (Phi) is 6.06. The van der Waals surface area contributed by atoms with Gasteiger partial charge in [-0.2, -0.15) is 10.2 Å². The molecule has 1 aromatic heterocycles. The van der Waals surface area contributed by atoms with Gasteiger partial charge in [-0.3, -0.25) is 9.89 Å². The summed E-state index contributed by atoms with van der Waals surface area (Å²) < 4.78 is 10.6. The van der Waals surface area contributed by atoms with Gasteiger partial charge in [-0.15, -0.1) is 0 Å². The van der Waals surface area contributed by atoms with Gasteiger partial charge in [0, 0.05) is 11.1 Å². The zero-order chi connectivity index (χ0) is 19.9. The van der Waals surface area contributed by atoms with Crippen LogP contribution in [-0.2, 0) is 0 Å². The fourth-order valence-electron chi connectivity index (χ4n) is 2.69. The Morgan fingerprint density at radius 3 is 2.46 bits per heavy atom. The average Bonchev–Trinajstić information content (AvgIpc) is 3.11. The summed E-state index contributed by atoms with van der Waals surface area (Å²) in [6.07, 6.45) is 1.57. The van der Waals surface area contributed by atoms with Gasteiger partial charge in [0.15, 0.2) is 0 Å². The SMILES string of the molecule is CCOc1ccc(-c2n[nH]c(C(=O)N/N=C\c3ccc(OC)cc3)c2C)cc1. The van der Waals surface area contributed by atoms with Crippen molar-refractivity contribution in [1.29, 1.82) is 0 Å². The molecular weight excluding hydrogens is 356 g/mol. The molecule has 7 nitrogen and oxygen atoms in total. The summed E-state index contributed by atoms with van der Waals surface area (Å²) in [5, 5.41) is 11.1. The van der Waals surface area contributed by atoms with Crippen molar-refractivity contribution in [3.05, 3.63) is 65.4 Å². The number of aromatic amines is 1. The quantitative estimate of drug-likeness (QED) is 0.486. The van der Waals surface area contributed by atoms with Gasteiger partial charge in [-0.25, -0.2) is 5.43 Å². The molecule has 1 heterocycles. The number of hydrazone groups is 1. The summed E-state index contributed by atoms with van der Waals surface area (Å²) in [5.74, 6) is 1.20. The number of H-pyrrole nitrogens is 1. The molecule has 0 spiro atoms. The van der Waals surface area contributed by atoms with Gasteiger partial charge in [-0.05, 0) is 67.9 Å². The van der Waals surface area contributed by atoms with Crippen molar-refractivity contribution in [2.75, 3.05) is 13.7 Å². The van der Waals surface area contributed by atoms with Crippen LogP contribution in [0.5, 0.6) is 11.5 Å². The Hall–Kier alpha value is -3.61. The number of nitrogens with zero attached hydrogens (tertiary/aromatic N) is 2. The second-order valence-corrected chi connectivity index (χ2v) is 6.00. The van der Waals surface area contributed by atoms with E-state index in [1.165, 1.54) is 0 Å². The van der Waals surface area contributed by atoms with Crippen molar-refractivity contribution < 1.29 is 14.3 Å². The highest BCUT2D eigenvalue weighted by atomic mass is 16.5. The fourth-order valence-corrected chi connectivity index (χ4v) is 2.69. The molecule has 3 rings (SSSR count).